The van der Waals surface area contributed by atoms with Crippen LogP contribution in [0.5, 0.6) is 0 Å². The molecule has 0 saturated heterocycles. The molecule has 1 unspecified atom stereocenters. The number of pyridine rings is 1. The van der Waals surface area contributed by atoms with E-state index in [9.17, 15) is 5.11 Å². The van der Waals surface area contributed by atoms with Gasteiger partial charge in [0.05, 0.1) is 6.10 Å². The van der Waals surface area contributed by atoms with Gasteiger partial charge in [0.1, 0.15) is 0 Å². The van der Waals surface area contributed by atoms with Crippen molar-refractivity contribution < 1.29 is 5.11 Å². The zero-order chi connectivity index (χ0) is 14.4. The summed E-state index contributed by atoms with van der Waals surface area (Å²) < 4.78 is 0. The van der Waals surface area contributed by atoms with E-state index in [0.717, 1.165) is 18.7 Å². The number of halogens is 1. The average Bonchev–Trinajstić information content (AvgIpc) is 2.46. The number of benzene rings is 1. The standard InChI is InChI=1S/C16H19ClN2O/c1-19(12-13-6-9-18-10-7-13)11-8-16(20)14-2-4-15(17)5-3-14/h2-7,9-10,16,20H,8,11-12H2,1H3. The Bertz CT molecular complexity index is 516. The van der Waals surface area contributed by atoms with Crippen LogP contribution in [-0.4, -0.2) is 28.6 Å². The Labute approximate surface area is 124 Å². The first-order valence-corrected chi connectivity index (χ1v) is 7.04. The molecule has 0 saturated carbocycles. The zero-order valence-electron chi connectivity index (χ0n) is 11.5. The molecule has 0 spiro atoms. The predicted molar refractivity (Wildman–Crippen MR) is 81.6 cm³/mol. The number of aliphatic hydroxyl groups excluding tert-OH is 1. The summed E-state index contributed by atoms with van der Waals surface area (Å²) in [5, 5.41) is 10.8. The van der Waals surface area contributed by atoms with Gasteiger partial charge in [-0.05, 0) is 48.9 Å². The number of nitrogens with zero attached hydrogens (tertiary/aromatic N) is 2. The van der Waals surface area contributed by atoms with E-state index in [1.807, 2.05) is 24.3 Å². The Morgan fingerprint density at radius 2 is 1.80 bits per heavy atom. The Morgan fingerprint density at radius 1 is 1.15 bits per heavy atom. The fraction of sp³-hybridized carbons (Fsp3) is 0.312. The summed E-state index contributed by atoms with van der Waals surface area (Å²) >= 11 is 5.84. The molecule has 0 amide bonds. The van der Waals surface area contributed by atoms with Crippen LogP contribution in [0.2, 0.25) is 5.02 Å². The highest BCUT2D eigenvalue weighted by molar-refractivity contribution is 6.30. The molecule has 2 rings (SSSR count). The second-order valence-corrected chi connectivity index (χ2v) is 5.39. The molecule has 2 aromatic rings. The molecule has 0 bridgehead atoms. The first-order valence-electron chi connectivity index (χ1n) is 6.66. The van der Waals surface area contributed by atoms with Crippen LogP contribution in [-0.2, 0) is 6.54 Å². The van der Waals surface area contributed by atoms with Crippen LogP contribution in [0, 0.1) is 0 Å². The molecule has 0 radical (unpaired) electrons. The smallest absolute Gasteiger partial charge is 0.0802 e. The lowest BCUT2D eigenvalue weighted by Gasteiger charge is -2.19. The summed E-state index contributed by atoms with van der Waals surface area (Å²) in [4.78, 5) is 6.19. The van der Waals surface area contributed by atoms with E-state index in [-0.39, 0.29) is 0 Å². The average molecular weight is 291 g/mol. The monoisotopic (exact) mass is 290 g/mol. The SMILES string of the molecule is CN(CCC(O)c1ccc(Cl)cc1)Cc1ccncc1. The second-order valence-electron chi connectivity index (χ2n) is 4.95. The molecule has 1 atom stereocenters. The highest BCUT2D eigenvalue weighted by Gasteiger charge is 2.09. The molecule has 0 aliphatic heterocycles. The fourth-order valence-electron chi connectivity index (χ4n) is 2.07. The molecule has 1 N–H and O–H groups in total. The van der Waals surface area contributed by atoms with Crippen molar-refractivity contribution in [2.45, 2.75) is 19.1 Å². The van der Waals surface area contributed by atoms with Gasteiger partial charge in [-0.3, -0.25) is 4.98 Å². The quantitative estimate of drug-likeness (QED) is 0.887. The first kappa shape index (κ1) is 15.0. The molecule has 4 heteroatoms. The summed E-state index contributed by atoms with van der Waals surface area (Å²) in [5.41, 5.74) is 2.13. The summed E-state index contributed by atoms with van der Waals surface area (Å²) in [6.45, 7) is 1.68. The van der Waals surface area contributed by atoms with Crippen LogP contribution >= 0.6 is 11.6 Å². The molecule has 0 fully saturated rings. The maximum absolute atomic E-state index is 10.1. The first-order chi connectivity index (χ1) is 9.65. The molecular formula is C16H19ClN2O. The largest absolute Gasteiger partial charge is 0.388 e. The van der Waals surface area contributed by atoms with E-state index < -0.39 is 6.10 Å². The van der Waals surface area contributed by atoms with E-state index >= 15 is 0 Å². The van der Waals surface area contributed by atoms with Crippen LogP contribution < -0.4 is 0 Å². The van der Waals surface area contributed by atoms with E-state index in [4.69, 9.17) is 11.6 Å². The second kappa shape index (κ2) is 7.39. The van der Waals surface area contributed by atoms with Crippen LogP contribution in [0.15, 0.2) is 48.8 Å². The summed E-state index contributed by atoms with van der Waals surface area (Å²) in [5.74, 6) is 0. The van der Waals surface area contributed by atoms with Crippen LogP contribution in [0.4, 0.5) is 0 Å². The van der Waals surface area contributed by atoms with Crippen molar-refractivity contribution >= 4 is 11.6 Å². The van der Waals surface area contributed by atoms with Gasteiger partial charge in [0.2, 0.25) is 0 Å². The third-order valence-corrected chi connectivity index (χ3v) is 3.49. The van der Waals surface area contributed by atoms with Gasteiger partial charge in [0.25, 0.3) is 0 Å². The normalized spacial score (nSPS) is 12.6. The van der Waals surface area contributed by atoms with Crippen molar-refractivity contribution in [2.24, 2.45) is 0 Å². The topological polar surface area (TPSA) is 36.4 Å². The molecule has 0 aliphatic rings. The molecule has 106 valence electrons. The lowest BCUT2D eigenvalue weighted by atomic mass is 10.1. The Kier molecular flexibility index (Phi) is 5.53. The van der Waals surface area contributed by atoms with Gasteiger partial charge < -0.3 is 10.0 Å². The minimum absolute atomic E-state index is 0.452. The molecule has 20 heavy (non-hydrogen) atoms. The fourth-order valence-corrected chi connectivity index (χ4v) is 2.20. The molecule has 0 aliphatic carbocycles. The van der Waals surface area contributed by atoms with Gasteiger partial charge in [-0.1, -0.05) is 23.7 Å². The van der Waals surface area contributed by atoms with Crippen molar-refractivity contribution in [3.05, 3.63) is 64.9 Å². The van der Waals surface area contributed by atoms with Gasteiger partial charge in [-0.15, -0.1) is 0 Å². The van der Waals surface area contributed by atoms with E-state index in [1.165, 1.54) is 5.56 Å². The van der Waals surface area contributed by atoms with E-state index in [2.05, 4.69) is 16.9 Å². The van der Waals surface area contributed by atoms with Crippen molar-refractivity contribution in [3.63, 3.8) is 0 Å². The van der Waals surface area contributed by atoms with Gasteiger partial charge in [-0.2, -0.15) is 0 Å². The van der Waals surface area contributed by atoms with Crippen molar-refractivity contribution in [3.8, 4) is 0 Å². The maximum Gasteiger partial charge on any atom is 0.0802 e. The molecule has 1 aromatic carbocycles. The Balaban J connectivity index is 1.81. The minimum Gasteiger partial charge on any atom is -0.388 e. The molecular weight excluding hydrogens is 272 g/mol. The van der Waals surface area contributed by atoms with Crippen molar-refractivity contribution in [1.82, 2.24) is 9.88 Å². The van der Waals surface area contributed by atoms with Crippen molar-refractivity contribution in [2.75, 3.05) is 13.6 Å². The summed E-state index contributed by atoms with van der Waals surface area (Å²) in [6, 6.07) is 11.4. The Hall–Kier alpha value is -1.42. The van der Waals surface area contributed by atoms with Crippen LogP contribution in [0.1, 0.15) is 23.7 Å². The molecule has 3 nitrogen and oxygen atoms in total. The van der Waals surface area contributed by atoms with E-state index in [1.54, 1.807) is 24.5 Å². The highest BCUT2D eigenvalue weighted by Crippen LogP contribution is 2.19. The number of hydrogen-bond acceptors (Lipinski definition) is 3. The van der Waals surface area contributed by atoms with Gasteiger partial charge in [0.15, 0.2) is 0 Å². The van der Waals surface area contributed by atoms with Crippen LogP contribution in [0.25, 0.3) is 0 Å². The highest BCUT2D eigenvalue weighted by atomic mass is 35.5. The lowest BCUT2D eigenvalue weighted by Crippen LogP contribution is -2.20. The van der Waals surface area contributed by atoms with Gasteiger partial charge in [-0.25, -0.2) is 0 Å². The van der Waals surface area contributed by atoms with Crippen molar-refractivity contribution in [1.29, 1.82) is 0 Å². The number of aromatic nitrogens is 1. The predicted octanol–water partition coefficient (Wildman–Crippen LogP) is 3.29. The van der Waals surface area contributed by atoms with Gasteiger partial charge in [0, 0.05) is 30.5 Å². The third kappa shape index (κ3) is 4.60. The maximum atomic E-state index is 10.1. The summed E-state index contributed by atoms with van der Waals surface area (Å²) in [7, 11) is 2.05. The number of aliphatic hydroxyl groups is 1. The minimum atomic E-state index is -0.452. The number of hydrogen-bond donors (Lipinski definition) is 1. The zero-order valence-corrected chi connectivity index (χ0v) is 12.3. The third-order valence-electron chi connectivity index (χ3n) is 3.24. The molecule has 1 heterocycles. The van der Waals surface area contributed by atoms with Gasteiger partial charge >= 0.3 is 0 Å². The molecule has 1 aromatic heterocycles. The van der Waals surface area contributed by atoms with Crippen LogP contribution in [0.3, 0.4) is 0 Å². The summed E-state index contributed by atoms with van der Waals surface area (Å²) in [6.07, 6.45) is 3.84. The van der Waals surface area contributed by atoms with E-state index in [0.29, 0.717) is 11.4 Å². The lowest BCUT2D eigenvalue weighted by molar-refractivity contribution is 0.147. The Morgan fingerprint density at radius 3 is 2.45 bits per heavy atom. The number of rotatable bonds is 6.